The predicted molar refractivity (Wildman–Crippen MR) is 90.3 cm³/mol. The molecule has 0 saturated heterocycles. The zero-order valence-electron chi connectivity index (χ0n) is 12.8. The molecule has 6 nitrogen and oxygen atoms in total. The van der Waals surface area contributed by atoms with E-state index >= 15 is 0 Å². The van der Waals surface area contributed by atoms with Crippen molar-refractivity contribution < 1.29 is 4.74 Å². The van der Waals surface area contributed by atoms with Gasteiger partial charge in [0.05, 0.1) is 5.71 Å². The first-order chi connectivity index (χ1) is 11.2. The van der Waals surface area contributed by atoms with Crippen LogP contribution in [0.2, 0.25) is 0 Å². The van der Waals surface area contributed by atoms with Gasteiger partial charge in [0.25, 0.3) is 0 Å². The molecule has 118 valence electrons. The number of nitrogens with two attached hydrogens (primary N) is 2. The minimum atomic E-state index is -0.0268. The lowest BCUT2D eigenvalue weighted by Crippen LogP contribution is -2.22. The largest absolute Gasteiger partial charge is 0.489 e. The molecule has 3 rings (SSSR count). The van der Waals surface area contributed by atoms with Gasteiger partial charge in [0.1, 0.15) is 12.4 Å². The number of guanidine groups is 1. The second-order valence-corrected chi connectivity index (χ2v) is 5.39. The Hall–Kier alpha value is -2.89. The molecule has 1 aliphatic carbocycles. The zero-order valence-corrected chi connectivity index (χ0v) is 12.8. The van der Waals surface area contributed by atoms with Crippen LogP contribution in [0.25, 0.3) is 0 Å². The van der Waals surface area contributed by atoms with E-state index in [1.807, 2.05) is 24.3 Å². The van der Waals surface area contributed by atoms with Crippen molar-refractivity contribution in [1.82, 2.24) is 4.98 Å². The zero-order chi connectivity index (χ0) is 16.1. The SMILES string of the molecule is NC(N)=N/N=C1\CCCc2cc(OCc3cccnc3)ccc21. The number of aromatic nitrogens is 1. The second kappa shape index (κ2) is 6.91. The smallest absolute Gasteiger partial charge is 0.211 e. The van der Waals surface area contributed by atoms with Crippen LogP contribution in [0.3, 0.4) is 0 Å². The summed E-state index contributed by atoms with van der Waals surface area (Å²) in [6.45, 7) is 0.502. The average Bonchev–Trinajstić information content (AvgIpc) is 2.58. The summed E-state index contributed by atoms with van der Waals surface area (Å²) in [5.74, 6) is 0.816. The Morgan fingerprint density at radius 3 is 2.91 bits per heavy atom. The summed E-state index contributed by atoms with van der Waals surface area (Å²) in [4.78, 5) is 4.08. The Morgan fingerprint density at radius 1 is 1.22 bits per heavy atom. The molecule has 4 N–H and O–H groups in total. The molecule has 0 radical (unpaired) electrons. The first-order valence-electron chi connectivity index (χ1n) is 7.53. The molecule has 0 saturated carbocycles. The quantitative estimate of drug-likeness (QED) is 0.512. The lowest BCUT2D eigenvalue weighted by atomic mass is 9.90. The Bertz CT molecular complexity index is 736. The summed E-state index contributed by atoms with van der Waals surface area (Å²) in [7, 11) is 0. The molecule has 1 aromatic heterocycles. The lowest BCUT2D eigenvalue weighted by molar-refractivity contribution is 0.305. The fourth-order valence-electron chi connectivity index (χ4n) is 2.60. The van der Waals surface area contributed by atoms with Crippen LogP contribution in [0, 0.1) is 0 Å². The monoisotopic (exact) mass is 309 g/mol. The van der Waals surface area contributed by atoms with E-state index in [0.29, 0.717) is 6.61 Å². The Labute approximate surface area is 134 Å². The number of aryl methyl sites for hydroxylation is 1. The van der Waals surface area contributed by atoms with E-state index in [1.54, 1.807) is 12.4 Å². The van der Waals surface area contributed by atoms with E-state index < -0.39 is 0 Å². The number of ether oxygens (including phenoxy) is 1. The lowest BCUT2D eigenvalue weighted by Gasteiger charge is -2.18. The van der Waals surface area contributed by atoms with Crippen molar-refractivity contribution in [3.05, 3.63) is 59.4 Å². The molecule has 1 heterocycles. The van der Waals surface area contributed by atoms with Crippen molar-refractivity contribution >= 4 is 11.7 Å². The third kappa shape index (κ3) is 3.85. The van der Waals surface area contributed by atoms with Crippen molar-refractivity contribution in [2.24, 2.45) is 21.7 Å². The molecule has 1 aliphatic rings. The van der Waals surface area contributed by atoms with E-state index in [4.69, 9.17) is 16.2 Å². The summed E-state index contributed by atoms with van der Waals surface area (Å²) >= 11 is 0. The van der Waals surface area contributed by atoms with Crippen LogP contribution in [0.4, 0.5) is 0 Å². The van der Waals surface area contributed by atoms with Crippen LogP contribution in [0.5, 0.6) is 5.75 Å². The van der Waals surface area contributed by atoms with Crippen LogP contribution in [0.15, 0.2) is 52.9 Å². The molecule has 0 amide bonds. The van der Waals surface area contributed by atoms with Gasteiger partial charge < -0.3 is 16.2 Å². The highest BCUT2D eigenvalue weighted by atomic mass is 16.5. The van der Waals surface area contributed by atoms with Gasteiger partial charge >= 0.3 is 0 Å². The maximum atomic E-state index is 5.84. The number of nitrogens with zero attached hydrogens (tertiary/aromatic N) is 3. The molecule has 0 spiro atoms. The minimum Gasteiger partial charge on any atom is -0.489 e. The van der Waals surface area contributed by atoms with E-state index in [2.05, 4.69) is 21.3 Å². The van der Waals surface area contributed by atoms with Crippen molar-refractivity contribution in [2.45, 2.75) is 25.9 Å². The van der Waals surface area contributed by atoms with Gasteiger partial charge in [0, 0.05) is 23.5 Å². The predicted octanol–water partition coefficient (Wildman–Crippen LogP) is 1.97. The average molecular weight is 309 g/mol. The molecular weight excluding hydrogens is 290 g/mol. The summed E-state index contributed by atoms with van der Waals surface area (Å²) in [6.07, 6.45) is 6.45. The highest BCUT2D eigenvalue weighted by Crippen LogP contribution is 2.26. The first-order valence-corrected chi connectivity index (χ1v) is 7.53. The number of pyridine rings is 1. The standard InChI is InChI=1S/C17H19N5O/c18-17(19)22-21-16-5-1-4-13-9-14(6-7-15(13)16)23-11-12-3-2-8-20-10-12/h2-3,6-10H,1,4-5,11H2,(H4,18,19,22)/b21-16+. The maximum Gasteiger partial charge on any atom is 0.211 e. The van der Waals surface area contributed by atoms with Crippen molar-refractivity contribution in [3.63, 3.8) is 0 Å². The summed E-state index contributed by atoms with van der Waals surface area (Å²) < 4.78 is 5.84. The second-order valence-electron chi connectivity index (χ2n) is 5.39. The van der Waals surface area contributed by atoms with Gasteiger partial charge in [-0.05, 0) is 49.1 Å². The Kier molecular flexibility index (Phi) is 4.52. The Morgan fingerprint density at radius 2 is 2.13 bits per heavy atom. The highest BCUT2D eigenvalue weighted by Gasteiger charge is 2.16. The summed E-state index contributed by atoms with van der Waals surface area (Å²) in [5, 5.41) is 7.92. The van der Waals surface area contributed by atoms with Crippen LogP contribution in [-0.4, -0.2) is 16.7 Å². The third-order valence-electron chi connectivity index (χ3n) is 3.66. The van der Waals surface area contributed by atoms with E-state index in [9.17, 15) is 0 Å². The van der Waals surface area contributed by atoms with Crippen LogP contribution in [0.1, 0.15) is 29.5 Å². The van der Waals surface area contributed by atoms with E-state index in [0.717, 1.165) is 41.9 Å². The van der Waals surface area contributed by atoms with Crippen molar-refractivity contribution in [1.29, 1.82) is 0 Å². The number of hydrogen-bond acceptors (Lipinski definition) is 4. The van der Waals surface area contributed by atoms with Gasteiger partial charge in [-0.15, -0.1) is 5.10 Å². The van der Waals surface area contributed by atoms with Gasteiger partial charge in [0.15, 0.2) is 0 Å². The molecule has 2 aromatic rings. The van der Waals surface area contributed by atoms with Gasteiger partial charge in [-0.1, -0.05) is 6.07 Å². The summed E-state index contributed by atoms with van der Waals surface area (Å²) in [6, 6.07) is 9.93. The highest BCUT2D eigenvalue weighted by molar-refractivity contribution is 6.03. The number of benzene rings is 1. The molecule has 6 heteroatoms. The molecular formula is C17H19N5O. The van der Waals surface area contributed by atoms with Crippen LogP contribution < -0.4 is 16.2 Å². The topological polar surface area (TPSA) is 98.9 Å². The fraction of sp³-hybridized carbons (Fsp3) is 0.235. The van der Waals surface area contributed by atoms with Crippen molar-refractivity contribution in [2.75, 3.05) is 0 Å². The number of rotatable bonds is 4. The minimum absolute atomic E-state index is 0.0268. The normalized spacial score (nSPS) is 15.0. The van der Waals surface area contributed by atoms with Gasteiger partial charge in [-0.2, -0.15) is 5.10 Å². The maximum absolute atomic E-state index is 5.84. The number of hydrogen-bond donors (Lipinski definition) is 2. The fourth-order valence-corrected chi connectivity index (χ4v) is 2.60. The molecule has 0 unspecified atom stereocenters. The van der Waals surface area contributed by atoms with E-state index in [1.165, 1.54) is 5.56 Å². The Balaban J connectivity index is 1.77. The summed E-state index contributed by atoms with van der Waals surface area (Å²) in [5.41, 5.74) is 15.0. The van der Waals surface area contributed by atoms with E-state index in [-0.39, 0.29) is 5.96 Å². The molecule has 0 atom stereocenters. The van der Waals surface area contributed by atoms with Crippen LogP contribution in [-0.2, 0) is 13.0 Å². The van der Waals surface area contributed by atoms with Gasteiger partial charge in [-0.25, -0.2) is 0 Å². The molecule has 1 aromatic carbocycles. The molecule has 23 heavy (non-hydrogen) atoms. The molecule has 0 bridgehead atoms. The van der Waals surface area contributed by atoms with Gasteiger partial charge in [-0.3, -0.25) is 4.98 Å². The van der Waals surface area contributed by atoms with Crippen LogP contribution >= 0.6 is 0 Å². The van der Waals surface area contributed by atoms with Crippen molar-refractivity contribution in [3.8, 4) is 5.75 Å². The van der Waals surface area contributed by atoms with Gasteiger partial charge in [0.2, 0.25) is 5.96 Å². The molecule has 0 fully saturated rings. The third-order valence-corrected chi connectivity index (χ3v) is 3.66. The molecule has 0 aliphatic heterocycles. The number of fused-ring (bicyclic) bond motifs is 1. The first kappa shape index (κ1) is 15.0.